The van der Waals surface area contributed by atoms with Crippen LogP contribution in [0.5, 0.6) is 0 Å². The Morgan fingerprint density at radius 3 is 2.30 bits per heavy atom. The fraction of sp³-hybridized carbons (Fsp3) is 0.833. The molecule has 0 spiro atoms. The van der Waals surface area contributed by atoms with Gasteiger partial charge in [0.25, 0.3) is 0 Å². The SMILES string of the molecule is CC(C)(CCC(=O)O)NC(=O)NC1CCS(=O)(=O)CC1. The Hall–Kier alpha value is -1.31. The van der Waals surface area contributed by atoms with Crippen LogP contribution < -0.4 is 10.6 Å². The maximum Gasteiger partial charge on any atom is 0.315 e. The quantitative estimate of drug-likeness (QED) is 0.685. The molecular weight excluding hydrogens is 284 g/mol. The first-order valence-corrected chi connectivity index (χ1v) is 8.43. The second-order valence-corrected chi connectivity index (χ2v) is 8.11. The van der Waals surface area contributed by atoms with Crippen molar-refractivity contribution >= 4 is 21.8 Å². The molecule has 0 aromatic carbocycles. The number of hydrogen-bond donors (Lipinski definition) is 3. The molecule has 0 aliphatic carbocycles. The van der Waals surface area contributed by atoms with Gasteiger partial charge in [-0.05, 0) is 33.1 Å². The number of carbonyl (C=O) groups is 2. The van der Waals surface area contributed by atoms with Crippen molar-refractivity contribution in [3.63, 3.8) is 0 Å². The molecular formula is C12H22N2O5S. The van der Waals surface area contributed by atoms with Gasteiger partial charge in [-0.1, -0.05) is 0 Å². The summed E-state index contributed by atoms with van der Waals surface area (Å²) in [6.07, 6.45) is 1.15. The third-order valence-electron chi connectivity index (χ3n) is 3.31. The van der Waals surface area contributed by atoms with Gasteiger partial charge in [0.1, 0.15) is 9.84 Å². The number of rotatable bonds is 5. The number of nitrogens with one attached hydrogen (secondary N) is 2. The first-order valence-electron chi connectivity index (χ1n) is 6.60. The van der Waals surface area contributed by atoms with E-state index < -0.39 is 21.3 Å². The van der Waals surface area contributed by atoms with E-state index in [0.29, 0.717) is 19.3 Å². The number of carbonyl (C=O) groups excluding carboxylic acids is 1. The van der Waals surface area contributed by atoms with Crippen molar-refractivity contribution in [2.75, 3.05) is 11.5 Å². The van der Waals surface area contributed by atoms with E-state index in [1.165, 1.54) is 0 Å². The van der Waals surface area contributed by atoms with E-state index in [1.807, 2.05) is 0 Å². The summed E-state index contributed by atoms with van der Waals surface area (Å²) in [6.45, 7) is 3.50. The number of amides is 2. The molecule has 7 nitrogen and oxygen atoms in total. The van der Waals surface area contributed by atoms with Gasteiger partial charge in [-0.3, -0.25) is 4.79 Å². The lowest BCUT2D eigenvalue weighted by Gasteiger charge is -2.29. The predicted molar refractivity (Wildman–Crippen MR) is 74.3 cm³/mol. The van der Waals surface area contributed by atoms with Crippen molar-refractivity contribution in [2.45, 2.75) is 51.1 Å². The van der Waals surface area contributed by atoms with Crippen LogP contribution in [0.3, 0.4) is 0 Å². The average Bonchev–Trinajstić information content (AvgIpc) is 2.29. The van der Waals surface area contributed by atoms with Crippen LogP contribution in [0, 0.1) is 0 Å². The van der Waals surface area contributed by atoms with Gasteiger partial charge < -0.3 is 15.7 Å². The average molecular weight is 306 g/mol. The minimum Gasteiger partial charge on any atom is -0.481 e. The third kappa shape index (κ3) is 6.23. The summed E-state index contributed by atoms with van der Waals surface area (Å²) in [6, 6.07) is -0.529. The van der Waals surface area contributed by atoms with Crippen LogP contribution in [0.15, 0.2) is 0 Å². The summed E-state index contributed by atoms with van der Waals surface area (Å²) in [5.74, 6) is -0.710. The highest BCUT2D eigenvalue weighted by Gasteiger charge is 2.27. The fourth-order valence-corrected chi connectivity index (χ4v) is 3.54. The van der Waals surface area contributed by atoms with Crippen molar-refractivity contribution < 1.29 is 23.1 Å². The van der Waals surface area contributed by atoms with E-state index in [2.05, 4.69) is 10.6 Å². The molecule has 0 radical (unpaired) electrons. The molecule has 0 aromatic rings. The molecule has 2 amide bonds. The van der Waals surface area contributed by atoms with Crippen molar-refractivity contribution in [3.05, 3.63) is 0 Å². The normalized spacial score (nSPS) is 19.3. The van der Waals surface area contributed by atoms with E-state index in [1.54, 1.807) is 13.8 Å². The van der Waals surface area contributed by atoms with E-state index in [0.717, 1.165) is 0 Å². The number of carboxylic acid groups (broad SMARTS) is 1. The van der Waals surface area contributed by atoms with Crippen molar-refractivity contribution in [1.82, 2.24) is 10.6 Å². The predicted octanol–water partition coefficient (Wildman–Crippen LogP) is 0.506. The molecule has 1 aliphatic heterocycles. The van der Waals surface area contributed by atoms with Gasteiger partial charge >= 0.3 is 12.0 Å². The molecule has 0 unspecified atom stereocenters. The summed E-state index contributed by atoms with van der Waals surface area (Å²) in [5, 5.41) is 14.1. The van der Waals surface area contributed by atoms with Crippen molar-refractivity contribution in [3.8, 4) is 0 Å². The zero-order valence-electron chi connectivity index (χ0n) is 11.8. The lowest BCUT2D eigenvalue weighted by atomic mass is 9.99. The molecule has 1 rings (SSSR count). The Balaban J connectivity index is 2.38. The lowest BCUT2D eigenvalue weighted by Crippen LogP contribution is -2.52. The van der Waals surface area contributed by atoms with Crippen LogP contribution in [0.1, 0.15) is 39.5 Å². The smallest absolute Gasteiger partial charge is 0.315 e. The third-order valence-corrected chi connectivity index (χ3v) is 5.02. The second kappa shape index (κ2) is 6.43. The summed E-state index contributed by atoms with van der Waals surface area (Å²) < 4.78 is 22.6. The van der Waals surface area contributed by atoms with Gasteiger partial charge in [0.05, 0.1) is 11.5 Å². The first kappa shape index (κ1) is 16.7. The monoisotopic (exact) mass is 306 g/mol. The van der Waals surface area contributed by atoms with E-state index in [4.69, 9.17) is 5.11 Å². The van der Waals surface area contributed by atoms with E-state index in [-0.39, 0.29) is 30.0 Å². The molecule has 8 heteroatoms. The van der Waals surface area contributed by atoms with Gasteiger partial charge in [-0.15, -0.1) is 0 Å². The summed E-state index contributed by atoms with van der Waals surface area (Å²) in [7, 11) is -2.94. The molecule has 1 fully saturated rings. The molecule has 0 aromatic heterocycles. The van der Waals surface area contributed by atoms with Crippen LogP contribution >= 0.6 is 0 Å². The molecule has 3 N–H and O–H groups in total. The van der Waals surface area contributed by atoms with Crippen LogP contribution in [-0.2, 0) is 14.6 Å². The van der Waals surface area contributed by atoms with Gasteiger partial charge in [-0.25, -0.2) is 13.2 Å². The second-order valence-electron chi connectivity index (χ2n) is 5.80. The Morgan fingerprint density at radius 2 is 1.80 bits per heavy atom. The van der Waals surface area contributed by atoms with E-state index in [9.17, 15) is 18.0 Å². The van der Waals surface area contributed by atoms with Crippen molar-refractivity contribution in [1.29, 1.82) is 0 Å². The molecule has 0 saturated carbocycles. The zero-order valence-corrected chi connectivity index (χ0v) is 12.6. The molecule has 20 heavy (non-hydrogen) atoms. The summed E-state index contributed by atoms with van der Waals surface area (Å²) in [4.78, 5) is 22.3. The van der Waals surface area contributed by atoms with Crippen molar-refractivity contribution in [2.24, 2.45) is 0 Å². The molecule has 1 heterocycles. The number of carboxylic acids is 1. The van der Waals surface area contributed by atoms with Crippen LogP contribution in [0.4, 0.5) is 4.79 Å². The largest absolute Gasteiger partial charge is 0.481 e. The summed E-state index contributed by atoms with van der Waals surface area (Å²) in [5.41, 5.74) is -0.622. The Morgan fingerprint density at radius 1 is 1.25 bits per heavy atom. The van der Waals surface area contributed by atoms with Gasteiger partial charge in [0, 0.05) is 18.0 Å². The van der Waals surface area contributed by atoms with Gasteiger partial charge in [-0.2, -0.15) is 0 Å². The number of hydrogen-bond acceptors (Lipinski definition) is 4. The first-order chi connectivity index (χ1) is 9.10. The molecule has 1 saturated heterocycles. The number of sulfone groups is 1. The van der Waals surface area contributed by atoms with E-state index >= 15 is 0 Å². The van der Waals surface area contributed by atoms with Crippen LogP contribution in [0.25, 0.3) is 0 Å². The lowest BCUT2D eigenvalue weighted by molar-refractivity contribution is -0.137. The van der Waals surface area contributed by atoms with Gasteiger partial charge in [0.15, 0.2) is 0 Å². The number of aliphatic carboxylic acids is 1. The zero-order chi connectivity index (χ0) is 15.4. The Kier molecular flexibility index (Phi) is 5.38. The minimum atomic E-state index is -2.94. The molecule has 0 atom stereocenters. The fourth-order valence-electron chi connectivity index (χ4n) is 2.05. The highest BCUT2D eigenvalue weighted by molar-refractivity contribution is 7.91. The summed E-state index contributed by atoms with van der Waals surface area (Å²) >= 11 is 0. The highest BCUT2D eigenvalue weighted by Crippen LogP contribution is 2.14. The maximum atomic E-state index is 11.8. The highest BCUT2D eigenvalue weighted by atomic mass is 32.2. The Labute approximate surface area is 119 Å². The topological polar surface area (TPSA) is 113 Å². The van der Waals surface area contributed by atoms with Crippen LogP contribution in [0.2, 0.25) is 0 Å². The maximum absolute atomic E-state index is 11.8. The molecule has 0 bridgehead atoms. The van der Waals surface area contributed by atoms with Crippen LogP contribution in [-0.4, -0.2) is 48.6 Å². The molecule has 1 aliphatic rings. The van der Waals surface area contributed by atoms with Gasteiger partial charge in [0.2, 0.25) is 0 Å². The standard InChI is InChI=1S/C12H22N2O5S/c1-12(2,6-3-10(15)16)14-11(17)13-9-4-7-20(18,19)8-5-9/h9H,3-8H2,1-2H3,(H,15,16)(H2,13,14,17). The minimum absolute atomic E-state index is 0.0189. The Bertz CT molecular complexity index is 458. The number of urea groups is 1. The molecule has 116 valence electrons.